The lowest BCUT2D eigenvalue weighted by atomic mass is 10.0. The minimum atomic E-state index is -0.816. The van der Waals surface area contributed by atoms with Crippen LogP contribution in [-0.2, 0) is 9.53 Å². The Bertz CT molecular complexity index is 1040. The lowest BCUT2D eigenvalue weighted by molar-refractivity contribution is -0.123. The molecular weight excluding hydrogens is 418 g/mol. The summed E-state index contributed by atoms with van der Waals surface area (Å²) in [6.45, 7) is 8.60. The van der Waals surface area contributed by atoms with Gasteiger partial charge in [0.15, 0.2) is 0 Å². The number of nitrogens with zero attached hydrogens (tertiary/aromatic N) is 4. The number of benzene rings is 1. The molecule has 166 valence electrons. The summed E-state index contributed by atoms with van der Waals surface area (Å²) < 4.78 is 5.46. The first-order valence-corrected chi connectivity index (χ1v) is 10.9. The zero-order chi connectivity index (χ0) is 22.5. The molecular formula is C22H28ClN5O3. The van der Waals surface area contributed by atoms with Crippen LogP contribution in [0.2, 0.25) is 5.02 Å². The fourth-order valence-electron chi connectivity index (χ4n) is 4.13. The van der Waals surface area contributed by atoms with E-state index >= 15 is 0 Å². The van der Waals surface area contributed by atoms with Gasteiger partial charge < -0.3 is 15.4 Å². The summed E-state index contributed by atoms with van der Waals surface area (Å²) in [6.07, 6.45) is 2.07. The Kier molecular flexibility index (Phi) is 5.45. The van der Waals surface area contributed by atoms with Crippen LogP contribution in [0.15, 0.2) is 18.5 Å². The van der Waals surface area contributed by atoms with Crippen LogP contribution in [0.1, 0.15) is 45.6 Å². The summed E-state index contributed by atoms with van der Waals surface area (Å²) in [6, 6.07) is 3.13. The number of piperazine rings is 1. The Morgan fingerprint density at radius 2 is 1.94 bits per heavy atom. The summed E-state index contributed by atoms with van der Waals surface area (Å²) in [5.41, 5.74) is 6.85. The van der Waals surface area contributed by atoms with Gasteiger partial charge in [0.05, 0.1) is 5.52 Å². The third kappa shape index (κ3) is 4.39. The van der Waals surface area contributed by atoms with E-state index < -0.39 is 23.6 Å². The van der Waals surface area contributed by atoms with Gasteiger partial charge in [0.2, 0.25) is 5.91 Å². The molecule has 1 aliphatic carbocycles. The predicted molar refractivity (Wildman–Crippen MR) is 119 cm³/mol. The fraction of sp³-hybridized carbons (Fsp3) is 0.545. The Labute approximate surface area is 186 Å². The van der Waals surface area contributed by atoms with Crippen LogP contribution >= 0.6 is 11.6 Å². The topological polar surface area (TPSA) is 102 Å². The molecule has 1 saturated heterocycles. The Morgan fingerprint density at radius 3 is 2.55 bits per heavy atom. The van der Waals surface area contributed by atoms with Crippen molar-refractivity contribution in [1.82, 2.24) is 14.9 Å². The number of rotatable bonds is 3. The molecule has 0 radical (unpaired) electrons. The molecule has 3 atom stereocenters. The number of hydrogen-bond acceptors (Lipinski definition) is 6. The standard InChI is InChI=1S/C22H28ClN5O3/c1-12-7-13(12)14-8-15-17(9-16(14)23)25-11-26-20(15)27-5-6-28(18(10-27)19(24)29)21(30)31-22(2,3)4/h8-9,11-13,18H,5-7,10H2,1-4H3,(H2,24,29). The highest BCUT2D eigenvalue weighted by atomic mass is 35.5. The molecule has 2 aliphatic rings. The summed E-state index contributed by atoms with van der Waals surface area (Å²) in [7, 11) is 0. The van der Waals surface area contributed by atoms with Crippen LogP contribution in [0.3, 0.4) is 0 Å². The second-order valence-corrected chi connectivity index (χ2v) is 9.85. The van der Waals surface area contributed by atoms with Crippen molar-refractivity contribution in [2.75, 3.05) is 24.5 Å². The molecule has 1 aliphatic heterocycles. The van der Waals surface area contributed by atoms with E-state index in [1.165, 1.54) is 11.2 Å². The minimum absolute atomic E-state index is 0.235. The number of carbonyl (C=O) groups excluding carboxylic acids is 2. The van der Waals surface area contributed by atoms with Crippen LogP contribution in [0, 0.1) is 5.92 Å². The largest absolute Gasteiger partial charge is 0.444 e. The SMILES string of the molecule is CC1CC1c1cc2c(N3CCN(C(=O)OC(C)(C)C)C(C(N)=O)C3)ncnc2cc1Cl. The third-order valence-electron chi connectivity index (χ3n) is 5.88. The Balaban J connectivity index is 1.64. The van der Waals surface area contributed by atoms with E-state index in [0.29, 0.717) is 30.7 Å². The molecule has 31 heavy (non-hydrogen) atoms. The van der Waals surface area contributed by atoms with Crippen LogP contribution in [0.4, 0.5) is 10.6 Å². The van der Waals surface area contributed by atoms with Crippen molar-refractivity contribution in [2.45, 2.75) is 51.7 Å². The van der Waals surface area contributed by atoms with Gasteiger partial charge in [-0.1, -0.05) is 18.5 Å². The molecule has 2 amide bonds. The van der Waals surface area contributed by atoms with E-state index in [-0.39, 0.29) is 6.54 Å². The van der Waals surface area contributed by atoms with Gasteiger partial charge in [0.1, 0.15) is 23.8 Å². The first-order chi connectivity index (χ1) is 14.5. The number of nitrogens with two attached hydrogens (primary N) is 1. The van der Waals surface area contributed by atoms with Crippen molar-refractivity contribution in [3.63, 3.8) is 0 Å². The number of aromatic nitrogens is 2. The van der Waals surface area contributed by atoms with E-state index in [2.05, 4.69) is 23.0 Å². The molecule has 2 aromatic rings. The number of ether oxygens (including phenoxy) is 1. The Morgan fingerprint density at radius 1 is 1.23 bits per heavy atom. The molecule has 1 aromatic heterocycles. The van der Waals surface area contributed by atoms with E-state index in [4.69, 9.17) is 22.1 Å². The highest BCUT2D eigenvalue weighted by Gasteiger charge is 2.38. The maximum Gasteiger partial charge on any atom is 0.411 e. The second kappa shape index (κ2) is 7.82. The number of amides is 2. The number of primary amides is 1. The van der Waals surface area contributed by atoms with Crippen molar-refractivity contribution >= 4 is 40.3 Å². The van der Waals surface area contributed by atoms with Crippen molar-refractivity contribution in [3.05, 3.63) is 29.0 Å². The normalized spacial score (nSPS) is 23.7. The number of carbonyl (C=O) groups is 2. The fourth-order valence-corrected chi connectivity index (χ4v) is 4.43. The van der Waals surface area contributed by atoms with Crippen LogP contribution in [0.5, 0.6) is 0 Å². The lowest BCUT2D eigenvalue weighted by Gasteiger charge is -2.40. The molecule has 0 spiro atoms. The molecule has 1 aromatic carbocycles. The first-order valence-electron chi connectivity index (χ1n) is 10.5. The van der Waals surface area contributed by atoms with Gasteiger partial charge in [-0.25, -0.2) is 14.8 Å². The third-order valence-corrected chi connectivity index (χ3v) is 6.21. The maximum absolute atomic E-state index is 12.6. The average molecular weight is 446 g/mol. The zero-order valence-corrected chi connectivity index (χ0v) is 19.0. The van der Waals surface area contributed by atoms with E-state index in [0.717, 1.165) is 27.9 Å². The molecule has 2 N–H and O–H groups in total. The van der Waals surface area contributed by atoms with E-state index in [9.17, 15) is 9.59 Å². The summed E-state index contributed by atoms with van der Waals surface area (Å²) in [5, 5.41) is 1.60. The maximum atomic E-state index is 12.6. The van der Waals surface area contributed by atoms with E-state index in [1.54, 1.807) is 20.8 Å². The highest BCUT2D eigenvalue weighted by molar-refractivity contribution is 6.32. The van der Waals surface area contributed by atoms with Crippen molar-refractivity contribution in [1.29, 1.82) is 0 Å². The van der Waals surface area contributed by atoms with Crippen LogP contribution < -0.4 is 10.6 Å². The van der Waals surface area contributed by atoms with Crippen molar-refractivity contribution in [2.24, 2.45) is 11.7 Å². The number of fused-ring (bicyclic) bond motifs is 1. The molecule has 8 nitrogen and oxygen atoms in total. The lowest BCUT2D eigenvalue weighted by Crippen LogP contribution is -2.60. The molecule has 2 heterocycles. The molecule has 2 fully saturated rings. The van der Waals surface area contributed by atoms with Crippen LogP contribution in [0.25, 0.3) is 10.9 Å². The summed E-state index contributed by atoms with van der Waals surface area (Å²) in [4.78, 5) is 37.1. The molecule has 1 saturated carbocycles. The van der Waals surface area contributed by atoms with E-state index in [1.807, 2.05) is 11.0 Å². The molecule has 4 rings (SSSR count). The Hall–Kier alpha value is -2.61. The summed E-state index contributed by atoms with van der Waals surface area (Å²) >= 11 is 6.52. The van der Waals surface area contributed by atoms with Crippen molar-refractivity contribution in [3.8, 4) is 0 Å². The van der Waals surface area contributed by atoms with Gasteiger partial charge in [-0.05, 0) is 56.7 Å². The zero-order valence-electron chi connectivity index (χ0n) is 18.3. The second-order valence-electron chi connectivity index (χ2n) is 9.45. The molecule has 0 bridgehead atoms. The minimum Gasteiger partial charge on any atom is -0.444 e. The predicted octanol–water partition coefficient (Wildman–Crippen LogP) is 3.32. The number of hydrogen-bond donors (Lipinski definition) is 1. The van der Waals surface area contributed by atoms with Gasteiger partial charge >= 0.3 is 6.09 Å². The van der Waals surface area contributed by atoms with Gasteiger partial charge in [-0.3, -0.25) is 9.69 Å². The molecule has 3 unspecified atom stereocenters. The monoisotopic (exact) mass is 445 g/mol. The van der Waals surface area contributed by atoms with Gasteiger partial charge in [0.25, 0.3) is 0 Å². The smallest absolute Gasteiger partial charge is 0.411 e. The highest BCUT2D eigenvalue weighted by Crippen LogP contribution is 2.50. The molecule has 9 heteroatoms. The van der Waals surface area contributed by atoms with Crippen molar-refractivity contribution < 1.29 is 14.3 Å². The number of halogens is 1. The van der Waals surface area contributed by atoms with Gasteiger partial charge in [-0.15, -0.1) is 0 Å². The first kappa shape index (κ1) is 21.6. The quantitative estimate of drug-likeness (QED) is 0.777. The number of anilines is 1. The summed E-state index contributed by atoms with van der Waals surface area (Å²) in [5.74, 6) is 1.20. The van der Waals surface area contributed by atoms with Crippen LogP contribution in [-0.4, -0.2) is 58.1 Å². The average Bonchev–Trinajstić information content (AvgIpc) is 3.41. The van der Waals surface area contributed by atoms with Gasteiger partial charge in [0, 0.05) is 30.0 Å². The van der Waals surface area contributed by atoms with Gasteiger partial charge in [-0.2, -0.15) is 0 Å².